The van der Waals surface area contributed by atoms with Crippen molar-refractivity contribution in [2.24, 2.45) is 0 Å². The Morgan fingerprint density at radius 1 is 1.50 bits per heavy atom. The van der Waals surface area contributed by atoms with Gasteiger partial charge in [0.25, 0.3) is 5.69 Å². The van der Waals surface area contributed by atoms with Crippen molar-refractivity contribution in [2.75, 3.05) is 5.32 Å². The lowest BCUT2D eigenvalue weighted by molar-refractivity contribution is -0.384. The number of nitriles is 1. The van der Waals surface area contributed by atoms with Gasteiger partial charge in [-0.1, -0.05) is 5.16 Å². The summed E-state index contributed by atoms with van der Waals surface area (Å²) in [5, 5.41) is 26.1. The molecule has 1 N–H and O–H groups in total. The highest BCUT2D eigenvalue weighted by Crippen LogP contribution is 2.25. The third-order valence-electron chi connectivity index (χ3n) is 2.27. The molecule has 0 aliphatic rings. The van der Waals surface area contributed by atoms with Gasteiger partial charge in [-0.15, -0.1) is 0 Å². The van der Waals surface area contributed by atoms with Crippen molar-refractivity contribution >= 4 is 11.4 Å². The van der Waals surface area contributed by atoms with E-state index < -0.39 is 4.92 Å². The Balaban J connectivity index is 2.22. The van der Waals surface area contributed by atoms with Crippen LogP contribution in [-0.4, -0.2) is 10.1 Å². The largest absolute Gasteiger partial charge is 0.374 e. The molecule has 18 heavy (non-hydrogen) atoms. The Labute approximate surface area is 102 Å². The Kier molecular flexibility index (Phi) is 3.20. The second-order valence-electron chi connectivity index (χ2n) is 3.45. The van der Waals surface area contributed by atoms with E-state index >= 15 is 0 Å². The number of anilines is 1. The van der Waals surface area contributed by atoms with Gasteiger partial charge in [0, 0.05) is 12.1 Å². The van der Waals surface area contributed by atoms with Crippen LogP contribution in [-0.2, 0) is 6.54 Å². The molecule has 2 rings (SSSR count). The predicted octanol–water partition coefficient (Wildman–Crippen LogP) is 2.07. The lowest BCUT2D eigenvalue weighted by atomic mass is 10.2. The first-order valence-corrected chi connectivity index (χ1v) is 5.02. The molecule has 0 unspecified atom stereocenters. The standard InChI is InChI=1S/C11H8N4O3/c12-6-8-1-2-10(11(5-8)15(16)17)13-7-9-3-4-18-14-9/h1-5,13H,7H2. The zero-order chi connectivity index (χ0) is 13.0. The van der Waals surface area contributed by atoms with E-state index in [-0.39, 0.29) is 11.3 Å². The molecule has 0 saturated heterocycles. The van der Waals surface area contributed by atoms with Crippen LogP contribution in [0, 0.1) is 21.4 Å². The fraction of sp³-hybridized carbons (Fsp3) is 0.0909. The highest BCUT2D eigenvalue weighted by atomic mass is 16.6. The molecule has 7 nitrogen and oxygen atoms in total. The molecule has 7 heteroatoms. The van der Waals surface area contributed by atoms with Gasteiger partial charge in [0.1, 0.15) is 17.6 Å². The maximum absolute atomic E-state index is 10.9. The zero-order valence-corrected chi connectivity index (χ0v) is 9.16. The molecule has 90 valence electrons. The summed E-state index contributed by atoms with van der Waals surface area (Å²) in [5.74, 6) is 0. The fourth-order valence-electron chi connectivity index (χ4n) is 1.42. The SMILES string of the molecule is N#Cc1ccc(NCc2ccon2)c([N+](=O)[O-])c1. The van der Waals surface area contributed by atoms with E-state index in [0.29, 0.717) is 17.9 Å². The van der Waals surface area contributed by atoms with Crippen LogP contribution >= 0.6 is 0 Å². The van der Waals surface area contributed by atoms with Crippen LogP contribution in [0.4, 0.5) is 11.4 Å². The Bertz CT molecular complexity index is 601. The third-order valence-corrected chi connectivity index (χ3v) is 2.27. The van der Waals surface area contributed by atoms with Crippen molar-refractivity contribution in [2.45, 2.75) is 6.54 Å². The molecule has 0 spiro atoms. The Morgan fingerprint density at radius 2 is 2.33 bits per heavy atom. The van der Waals surface area contributed by atoms with Gasteiger partial charge in [-0.05, 0) is 12.1 Å². The average Bonchev–Trinajstić information content (AvgIpc) is 2.89. The van der Waals surface area contributed by atoms with Gasteiger partial charge < -0.3 is 9.84 Å². The van der Waals surface area contributed by atoms with E-state index in [1.807, 2.05) is 6.07 Å². The molecule has 2 aromatic rings. The summed E-state index contributed by atoms with van der Waals surface area (Å²) in [6.45, 7) is 0.309. The van der Waals surface area contributed by atoms with Crippen molar-refractivity contribution < 1.29 is 9.45 Å². The topological polar surface area (TPSA) is 105 Å². The molecule has 0 aliphatic carbocycles. The number of hydrogen-bond donors (Lipinski definition) is 1. The minimum absolute atomic E-state index is 0.141. The van der Waals surface area contributed by atoms with E-state index in [1.165, 1.54) is 24.5 Å². The summed E-state index contributed by atoms with van der Waals surface area (Å²) >= 11 is 0. The Hall–Kier alpha value is -2.88. The van der Waals surface area contributed by atoms with E-state index in [4.69, 9.17) is 5.26 Å². The first kappa shape index (κ1) is 11.6. The molecule has 0 saturated carbocycles. The van der Waals surface area contributed by atoms with Crippen LogP contribution in [0.5, 0.6) is 0 Å². The number of aromatic nitrogens is 1. The molecule has 0 fully saturated rings. The summed E-state index contributed by atoms with van der Waals surface area (Å²) < 4.78 is 4.65. The van der Waals surface area contributed by atoms with Gasteiger partial charge in [0.15, 0.2) is 0 Å². The van der Waals surface area contributed by atoms with Crippen LogP contribution in [0.3, 0.4) is 0 Å². The summed E-state index contributed by atoms with van der Waals surface area (Å²) in [5.41, 5.74) is 1.07. The Morgan fingerprint density at radius 3 is 2.94 bits per heavy atom. The number of nitro groups is 1. The van der Waals surface area contributed by atoms with Gasteiger partial charge in [0.2, 0.25) is 0 Å². The van der Waals surface area contributed by atoms with Crippen LogP contribution in [0.2, 0.25) is 0 Å². The van der Waals surface area contributed by atoms with Crippen LogP contribution in [0.1, 0.15) is 11.3 Å². The minimum atomic E-state index is -0.536. The summed E-state index contributed by atoms with van der Waals surface area (Å²) in [6, 6.07) is 7.75. The molecule has 0 radical (unpaired) electrons. The molecule has 0 bridgehead atoms. The van der Waals surface area contributed by atoms with Gasteiger partial charge in [-0.3, -0.25) is 10.1 Å². The summed E-state index contributed by atoms with van der Waals surface area (Å²) in [6.07, 6.45) is 1.42. The minimum Gasteiger partial charge on any atom is -0.374 e. The molecule has 1 aromatic heterocycles. The van der Waals surface area contributed by atoms with Gasteiger partial charge in [0.05, 0.1) is 23.1 Å². The van der Waals surface area contributed by atoms with E-state index in [9.17, 15) is 10.1 Å². The average molecular weight is 244 g/mol. The van der Waals surface area contributed by atoms with E-state index in [0.717, 1.165) is 0 Å². The monoisotopic (exact) mass is 244 g/mol. The third kappa shape index (κ3) is 2.44. The predicted molar refractivity (Wildman–Crippen MR) is 61.6 cm³/mol. The summed E-state index contributed by atoms with van der Waals surface area (Å²) in [4.78, 5) is 10.3. The number of rotatable bonds is 4. The van der Waals surface area contributed by atoms with E-state index in [1.54, 1.807) is 6.07 Å². The number of nitro benzene ring substituents is 1. The maximum atomic E-state index is 10.9. The van der Waals surface area contributed by atoms with Crippen LogP contribution < -0.4 is 5.32 Å². The fourth-order valence-corrected chi connectivity index (χ4v) is 1.42. The van der Waals surface area contributed by atoms with Crippen molar-refractivity contribution in [3.8, 4) is 6.07 Å². The van der Waals surface area contributed by atoms with Crippen LogP contribution in [0.25, 0.3) is 0 Å². The first-order chi connectivity index (χ1) is 8.70. The van der Waals surface area contributed by atoms with E-state index in [2.05, 4.69) is 15.0 Å². The molecular formula is C11H8N4O3. The highest BCUT2D eigenvalue weighted by Gasteiger charge is 2.14. The number of benzene rings is 1. The maximum Gasteiger partial charge on any atom is 0.293 e. The van der Waals surface area contributed by atoms with Gasteiger partial charge in [-0.25, -0.2) is 0 Å². The second-order valence-corrected chi connectivity index (χ2v) is 3.45. The number of nitrogens with one attached hydrogen (secondary N) is 1. The molecular weight excluding hydrogens is 236 g/mol. The summed E-state index contributed by atoms with van der Waals surface area (Å²) in [7, 11) is 0. The molecule has 1 aromatic carbocycles. The number of hydrogen-bond acceptors (Lipinski definition) is 6. The highest BCUT2D eigenvalue weighted by molar-refractivity contribution is 5.64. The lowest BCUT2D eigenvalue weighted by Gasteiger charge is -2.05. The quantitative estimate of drug-likeness (QED) is 0.651. The normalized spacial score (nSPS) is 9.72. The second kappa shape index (κ2) is 4.97. The molecule has 1 heterocycles. The smallest absolute Gasteiger partial charge is 0.293 e. The first-order valence-electron chi connectivity index (χ1n) is 5.02. The molecule has 0 atom stereocenters. The van der Waals surface area contributed by atoms with Crippen molar-refractivity contribution in [1.82, 2.24) is 5.16 Å². The molecule has 0 amide bonds. The lowest BCUT2D eigenvalue weighted by Crippen LogP contribution is -2.03. The molecule has 0 aliphatic heterocycles. The van der Waals surface area contributed by atoms with Crippen molar-refractivity contribution in [3.63, 3.8) is 0 Å². The van der Waals surface area contributed by atoms with Crippen molar-refractivity contribution in [3.05, 3.63) is 51.9 Å². The van der Waals surface area contributed by atoms with Crippen molar-refractivity contribution in [1.29, 1.82) is 5.26 Å². The number of nitrogens with zero attached hydrogens (tertiary/aromatic N) is 3. The van der Waals surface area contributed by atoms with Gasteiger partial charge >= 0.3 is 0 Å². The van der Waals surface area contributed by atoms with Gasteiger partial charge in [-0.2, -0.15) is 5.26 Å². The zero-order valence-electron chi connectivity index (χ0n) is 9.16. The van der Waals surface area contributed by atoms with Crippen LogP contribution in [0.15, 0.2) is 35.1 Å².